The highest BCUT2D eigenvalue weighted by molar-refractivity contribution is 7.89. The smallest absolute Gasteiger partial charge is 0.243 e. The second-order valence-corrected chi connectivity index (χ2v) is 7.82. The van der Waals surface area contributed by atoms with Crippen molar-refractivity contribution in [2.45, 2.75) is 57.0 Å². The number of rotatable bonds is 6. The molecule has 0 aliphatic heterocycles. The van der Waals surface area contributed by atoms with E-state index in [-0.39, 0.29) is 17.5 Å². The molecule has 1 aliphatic rings. The van der Waals surface area contributed by atoms with E-state index >= 15 is 0 Å². The Morgan fingerprint density at radius 3 is 2.81 bits per heavy atom. The van der Waals surface area contributed by atoms with Gasteiger partial charge in [0, 0.05) is 25.4 Å². The molecule has 0 amide bonds. The largest absolute Gasteiger partial charge is 0.396 e. The topological polar surface area (TPSA) is 84.2 Å². The Labute approximate surface area is 126 Å². The maximum absolute atomic E-state index is 12.4. The molecule has 2 rings (SSSR count). The molecule has 3 unspecified atom stereocenters. The molecule has 1 saturated carbocycles. The number of hydrogen-bond acceptors (Lipinski definition) is 4. The van der Waals surface area contributed by atoms with Gasteiger partial charge >= 0.3 is 0 Å². The monoisotopic (exact) mass is 315 g/mol. The van der Waals surface area contributed by atoms with Crippen LogP contribution in [0.4, 0.5) is 0 Å². The molecular weight excluding hydrogens is 290 g/mol. The molecule has 1 fully saturated rings. The molecule has 1 aromatic heterocycles. The highest BCUT2D eigenvalue weighted by Crippen LogP contribution is 2.30. The first-order chi connectivity index (χ1) is 9.92. The van der Waals surface area contributed by atoms with E-state index in [0.717, 1.165) is 19.3 Å². The van der Waals surface area contributed by atoms with Crippen LogP contribution in [0.1, 0.15) is 39.5 Å². The summed E-state index contributed by atoms with van der Waals surface area (Å²) in [5, 5.41) is 12.8. The van der Waals surface area contributed by atoms with Gasteiger partial charge in [0.25, 0.3) is 0 Å². The number of aliphatic hydroxyl groups excluding tert-OH is 1. The minimum absolute atomic E-state index is 0.0157. The molecule has 0 radical (unpaired) electrons. The van der Waals surface area contributed by atoms with Gasteiger partial charge in [0.2, 0.25) is 10.0 Å². The molecule has 2 N–H and O–H groups in total. The molecule has 21 heavy (non-hydrogen) atoms. The molecule has 1 aliphatic carbocycles. The summed E-state index contributed by atoms with van der Waals surface area (Å²) >= 11 is 0. The summed E-state index contributed by atoms with van der Waals surface area (Å²) in [6, 6.07) is 0.0157. The van der Waals surface area contributed by atoms with Crippen LogP contribution in [0, 0.1) is 11.8 Å². The van der Waals surface area contributed by atoms with E-state index in [4.69, 9.17) is 5.11 Å². The summed E-state index contributed by atoms with van der Waals surface area (Å²) in [5.41, 5.74) is 0. The first kappa shape index (κ1) is 16.5. The van der Waals surface area contributed by atoms with Crippen LogP contribution in [0.3, 0.4) is 0 Å². The fourth-order valence-corrected chi connectivity index (χ4v) is 4.02. The lowest BCUT2D eigenvalue weighted by molar-refractivity contribution is 0.242. The zero-order chi connectivity index (χ0) is 15.5. The van der Waals surface area contributed by atoms with Crippen molar-refractivity contribution in [2.24, 2.45) is 11.8 Å². The summed E-state index contributed by atoms with van der Waals surface area (Å²) < 4.78 is 29.1. The second-order valence-electron chi connectivity index (χ2n) is 6.10. The molecule has 0 saturated heterocycles. The van der Waals surface area contributed by atoms with Gasteiger partial charge in [-0.15, -0.1) is 0 Å². The fraction of sp³-hybridized carbons (Fsp3) is 0.786. The van der Waals surface area contributed by atoms with E-state index in [1.54, 1.807) is 4.68 Å². The molecule has 0 aromatic carbocycles. The van der Waals surface area contributed by atoms with Crippen LogP contribution < -0.4 is 4.72 Å². The number of hydrogen-bond donors (Lipinski definition) is 2. The van der Waals surface area contributed by atoms with Gasteiger partial charge in [0.15, 0.2) is 0 Å². The normalized spacial score (nSPS) is 26.9. The zero-order valence-corrected chi connectivity index (χ0v) is 13.5. The number of aromatic nitrogens is 2. The number of nitrogens with zero attached hydrogens (tertiary/aromatic N) is 2. The van der Waals surface area contributed by atoms with Crippen LogP contribution in [0.2, 0.25) is 0 Å². The number of aliphatic hydroxyl groups is 1. The molecule has 3 atom stereocenters. The Morgan fingerprint density at radius 2 is 2.14 bits per heavy atom. The average Bonchev–Trinajstić information content (AvgIpc) is 2.90. The summed E-state index contributed by atoms with van der Waals surface area (Å²) in [7, 11) is -3.50. The Hall–Kier alpha value is -0.920. The summed E-state index contributed by atoms with van der Waals surface area (Å²) in [6.07, 6.45) is 6.29. The molecule has 6 nitrogen and oxygen atoms in total. The van der Waals surface area contributed by atoms with E-state index in [9.17, 15) is 8.42 Å². The Balaban J connectivity index is 1.99. The molecule has 0 spiro atoms. The number of sulfonamides is 1. The number of aryl methyl sites for hydroxylation is 1. The molecule has 1 heterocycles. The van der Waals surface area contributed by atoms with Crippen molar-refractivity contribution < 1.29 is 13.5 Å². The van der Waals surface area contributed by atoms with Gasteiger partial charge in [-0.2, -0.15) is 5.10 Å². The first-order valence-corrected chi connectivity index (χ1v) is 9.06. The Morgan fingerprint density at radius 1 is 1.38 bits per heavy atom. The fourth-order valence-electron chi connectivity index (χ4n) is 2.78. The molecule has 120 valence electrons. The highest BCUT2D eigenvalue weighted by Gasteiger charge is 2.28. The highest BCUT2D eigenvalue weighted by atomic mass is 32.2. The minimum atomic E-state index is -3.50. The summed E-state index contributed by atoms with van der Waals surface area (Å²) in [6.45, 7) is 4.99. The van der Waals surface area contributed by atoms with Gasteiger partial charge < -0.3 is 5.11 Å². The minimum Gasteiger partial charge on any atom is -0.396 e. The van der Waals surface area contributed by atoms with E-state index in [2.05, 4.69) is 23.7 Å². The Bertz CT molecular complexity index is 556. The second kappa shape index (κ2) is 6.89. The maximum Gasteiger partial charge on any atom is 0.243 e. The van der Waals surface area contributed by atoms with E-state index in [1.165, 1.54) is 12.4 Å². The maximum atomic E-state index is 12.4. The van der Waals surface area contributed by atoms with Crippen molar-refractivity contribution in [3.05, 3.63) is 12.4 Å². The van der Waals surface area contributed by atoms with Gasteiger partial charge in [0.1, 0.15) is 4.90 Å². The summed E-state index contributed by atoms with van der Waals surface area (Å²) in [5.74, 6) is 1.20. The Kier molecular flexibility index (Phi) is 5.40. The van der Waals surface area contributed by atoms with Crippen LogP contribution in [-0.4, -0.2) is 36.0 Å². The SMILES string of the molecule is CC1CCC(NS(=O)(=O)c2cnn(CCCO)c2)CC1C. The van der Waals surface area contributed by atoms with Gasteiger partial charge in [-0.25, -0.2) is 13.1 Å². The van der Waals surface area contributed by atoms with Crippen LogP contribution in [0.5, 0.6) is 0 Å². The third-order valence-corrected chi connectivity index (χ3v) is 5.86. The predicted molar refractivity (Wildman–Crippen MR) is 80.2 cm³/mol. The van der Waals surface area contributed by atoms with E-state index in [0.29, 0.717) is 24.8 Å². The average molecular weight is 315 g/mol. The molecular formula is C14H25N3O3S. The lowest BCUT2D eigenvalue weighted by Gasteiger charge is -2.32. The third kappa shape index (κ3) is 4.28. The van der Waals surface area contributed by atoms with Gasteiger partial charge in [-0.3, -0.25) is 4.68 Å². The van der Waals surface area contributed by atoms with Gasteiger partial charge in [-0.1, -0.05) is 13.8 Å². The van der Waals surface area contributed by atoms with Crippen LogP contribution in [0.15, 0.2) is 17.3 Å². The molecule has 1 aromatic rings. The first-order valence-electron chi connectivity index (χ1n) is 7.58. The van der Waals surface area contributed by atoms with Gasteiger partial charge in [0.05, 0.1) is 6.20 Å². The van der Waals surface area contributed by atoms with Crippen molar-refractivity contribution >= 4 is 10.0 Å². The standard InChI is InChI=1S/C14H25N3O3S/c1-11-4-5-13(8-12(11)2)16-21(19,20)14-9-15-17(10-14)6-3-7-18/h9-13,16,18H,3-8H2,1-2H3. The van der Waals surface area contributed by atoms with Crippen LogP contribution >= 0.6 is 0 Å². The predicted octanol–water partition coefficient (Wildman–Crippen LogP) is 1.37. The zero-order valence-electron chi connectivity index (χ0n) is 12.7. The van der Waals surface area contributed by atoms with Crippen molar-refractivity contribution in [2.75, 3.05) is 6.61 Å². The quantitative estimate of drug-likeness (QED) is 0.830. The van der Waals surface area contributed by atoms with E-state index < -0.39 is 10.0 Å². The van der Waals surface area contributed by atoms with Crippen LogP contribution in [-0.2, 0) is 16.6 Å². The third-order valence-electron chi connectivity index (χ3n) is 4.39. The summed E-state index contributed by atoms with van der Waals surface area (Å²) in [4.78, 5) is 0.201. The van der Waals surface area contributed by atoms with Crippen molar-refractivity contribution in [1.29, 1.82) is 0 Å². The lowest BCUT2D eigenvalue weighted by atomic mass is 9.79. The lowest BCUT2D eigenvalue weighted by Crippen LogP contribution is -2.39. The van der Waals surface area contributed by atoms with Crippen molar-refractivity contribution in [3.8, 4) is 0 Å². The molecule has 7 heteroatoms. The molecule has 0 bridgehead atoms. The van der Waals surface area contributed by atoms with Crippen LogP contribution in [0.25, 0.3) is 0 Å². The number of nitrogens with one attached hydrogen (secondary N) is 1. The van der Waals surface area contributed by atoms with Gasteiger partial charge in [-0.05, 0) is 37.5 Å². The van der Waals surface area contributed by atoms with Crippen molar-refractivity contribution in [1.82, 2.24) is 14.5 Å². The van der Waals surface area contributed by atoms with E-state index in [1.807, 2.05) is 0 Å². The van der Waals surface area contributed by atoms with Crippen molar-refractivity contribution in [3.63, 3.8) is 0 Å².